The van der Waals surface area contributed by atoms with Crippen molar-refractivity contribution in [3.8, 4) is 0 Å². The number of amidine groups is 1. The van der Waals surface area contributed by atoms with Crippen LogP contribution in [0.5, 0.6) is 0 Å². The van der Waals surface area contributed by atoms with Gasteiger partial charge in [-0.2, -0.15) is 8.42 Å². The number of carbonyl (C=O) groups is 1. The van der Waals surface area contributed by atoms with Crippen LogP contribution in [-0.2, 0) is 37.9 Å². The first-order chi connectivity index (χ1) is 17.4. The van der Waals surface area contributed by atoms with Crippen molar-refractivity contribution in [2.75, 3.05) is 11.6 Å². The molecule has 1 aromatic carbocycles. The average Bonchev–Trinajstić information content (AvgIpc) is 3.45. The van der Waals surface area contributed by atoms with Crippen LogP contribution >= 0.6 is 11.3 Å². The largest absolute Gasteiger partial charge is 0.511 e. The Kier molecular flexibility index (Phi) is 6.37. The van der Waals surface area contributed by atoms with Crippen molar-refractivity contribution in [3.05, 3.63) is 57.7 Å². The van der Waals surface area contributed by atoms with Gasteiger partial charge in [-0.05, 0) is 35.9 Å². The van der Waals surface area contributed by atoms with E-state index >= 15 is 0 Å². The number of sulfonamides is 2. The standard InChI is InChI=1S/C22H22F2N4O6S3/c1-36(31,32)25-8-12-10-35-21-19(12)37(33,34)27-20(26-21)17-18(29)13-3-2-4-16(13)28(22(17)30)9-11-5-6-14(23)15(24)7-11/h5-7,10,13,16,25,29H,2-4,8-9H2,1H3,(H,26,27). The van der Waals surface area contributed by atoms with E-state index in [1.807, 2.05) is 0 Å². The maximum absolute atomic E-state index is 13.8. The number of nitrogens with zero attached hydrogens (tertiary/aromatic N) is 2. The normalized spacial score (nSPS) is 22.9. The van der Waals surface area contributed by atoms with Gasteiger partial charge in [-0.1, -0.05) is 12.5 Å². The van der Waals surface area contributed by atoms with Crippen LogP contribution in [0.4, 0.5) is 13.8 Å². The van der Waals surface area contributed by atoms with E-state index in [1.54, 1.807) is 0 Å². The van der Waals surface area contributed by atoms with E-state index in [4.69, 9.17) is 0 Å². The Hall–Kier alpha value is -2.88. The molecule has 3 heterocycles. The van der Waals surface area contributed by atoms with Crippen LogP contribution in [-0.4, -0.2) is 50.9 Å². The molecule has 2 unspecified atom stereocenters. The number of carbonyl (C=O) groups excluding carboxylic acids is 1. The maximum atomic E-state index is 13.8. The Labute approximate surface area is 215 Å². The van der Waals surface area contributed by atoms with Crippen LogP contribution < -0.4 is 10.0 Å². The molecular formula is C22H22F2N4O6S3. The topological polar surface area (TPSA) is 145 Å². The van der Waals surface area contributed by atoms with Gasteiger partial charge in [0.05, 0.1) is 6.26 Å². The summed E-state index contributed by atoms with van der Waals surface area (Å²) in [6.45, 7) is -0.339. The zero-order valence-corrected chi connectivity index (χ0v) is 21.8. The number of halogens is 2. The fraction of sp³-hybridized carbons (Fsp3) is 0.364. The first kappa shape index (κ1) is 25.8. The molecule has 0 bridgehead atoms. The third-order valence-electron chi connectivity index (χ3n) is 6.58. The molecule has 1 amide bonds. The summed E-state index contributed by atoms with van der Waals surface area (Å²) in [6.07, 6.45) is 2.79. The predicted molar refractivity (Wildman–Crippen MR) is 132 cm³/mol. The van der Waals surface area contributed by atoms with Crippen molar-refractivity contribution >= 4 is 48.1 Å². The van der Waals surface area contributed by atoms with Gasteiger partial charge in [0, 0.05) is 30.6 Å². The van der Waals surface area contributed by atoms with Gasteiger partial charge in [0.2, 0.25) is 10.0 Å². The Morgan fingerprint density at radius 3 is 2.73 bits per heavy atom. The van der Waals surface area contributed by atoms with Gasteiger partial charge in [0.25, 0.3) is 15.9 Å². The van der Waals surface area contributed by atoms with E-state index in [0.717, 1.165) is 29.7 Å². The minimum absolute atomic E-state index is 0.0699. The number of thiophene rings is 1. The Morgan fingerprint density at radius 2 is 2.03 bits per heavy atom. The van der Waals surface area contributed by atoms with Crippen molar-refractivity contribution < 1.29 is 35.5 Å². The van der Waals surface area contributed by atoms with Crippen LogP contribution in [0.2, 0.25) is 0 Å². The predicted octanol–water partition coefficient (Wildman–Crippen LogP) is 2.61. The summed E-state index contributed by atoms with van der Waals surface area (Å²) in [5, 5.41) is 15.5. The van der Waals surface area contributed by atoms with Crippen molar-refractivity contribution in [2.45, 2.75) is 43.3 Å². The summed E-state index contributed by atoms with van der Waals surface area (Å²) in [4.78, 5) is 14.8. The first-order valence-corrected chi connectivity index (χ1v) is 15.4. The van der Waals surface area contributed by atoms with Gasteiger partial charge >= 0.3 is 0 Å². The molecule has 1 saturated carbocycles. The van der Waals surface area contributed by atoms with Crippen molar-refractivity contribution in [3.63, 3.8) is 0 Å². The number of anilines is 1. The van der Waals surface area contributed by atoms with E-state index in [1.165, 1.54) is 16.3 Å². The summed E-state index contributed by atoms with van der Waals surface area (Å²) < 4.78 is 82.4. The zero-order valence-electron chi connectivity index (χ0n) is 19.4. The highest BCUT2D eigenvalue weighted by Gasteiger charge is 2.47. The summed E-state index contributed by atoms with van der Waals surface area (Å²) in [5.74, 6) is -3.85. The van der Waals surface area contributed by atoms with E-state index in [9.17, 15) is 35.5 Å². The van der Waals surface area contributed by atoms with E-state index < -0.39 is 49.5 Å². The second kappa shape index (κ2) is 9.15. The molecule has 1 aliphatic carbocycles. The summed E-state index contributed by atoms with van der Waals surface area (Å²) in [5.41, 5.74) is 0.224. The SMILES string of the molecule is CS(=O)(=O)NCc1csc2c1S(=O)(=O)N=C(C1=C(O)C3CCCC3N(Cc3ccc(F)c(F)c3)C1=O)N2. The number of hydrogen-bond donors (Lipinski definition) is 3. The van der Waals surface area contributed by atoms with Gasteiger partial charge in [0.1, 0.15) is 21.2 Å². The molecule has 0 spiro atoms. The zero-order chi connectivity index (χ0) is 26.7. The lowest BCUT2D eigenvalue weighted by molar-refractivity contribution is -0.132. The molecule has 0 radical (unpaired) electrons. The number of nitrogens with one attached hydrogen (secondary N) is 2. The van der Waals surface area contributed by atoms with Gasteiger partial charge in [-0.3, -0.25) is 4.79 Å². The summed E-state index contributed by atoms with van der Waals surface area (Å²) >= 11 is 0.989. The molecule has 5 rings (SSSR count). The summed E-state index contributed by atoms with van der Waals surface area (Å²) in [7, 11) is -7.94. The Balaban J connectivity index is 1.51. The maximum Gasteiger partial charge on any atom is 0.287 e. The van der Waals surface area contributed by atoms with Crippen LogP contribution in [0.3, 0.4) is 0 Å². The minimum atomic E-state index is -4.36. The molecule has 1 aromatic heterocycles. The Morgan fingerprint density at radius 1 is 1.27 bits per heavy atom. The molecule has 10 nitrogen and oxygen atoms in total. The van der Waals surface area contributed by atoms with Gasteiger partial charge in [0.15, 0.2) is 17.5 Å². The van der Waals surface area contributed by atoms with E-state index in [2.05, 4.69) is 14.4 Å². The number of hydrogen-bond acceptors (Lipinski definition) is 8. The second-order valence-corrected chi connectivity index (χ2v) is 13.4. The third-order valence-corrected chi connectivity index (χ3v) is 9.73. The molecule has 3 aliphatic rings. The molecule has 2 atom stereocenters. The highest BCUT2D eigenvalue weighted by Crippen LogP contribution is 2.43. The lowest BCUT2D eigenvalue weighted by atomic mass is 9.90. The lowest BCUT2D eigenvalue weighted by Crippen LogP contribution is -2.49. The highest BCUT2D eigenvalue weighted by atomic mass is 32.2. The molecule has 15 heteroatoms. The molecule has 2 aliphatic heterocycles. The van der Waals surface area contributed by atoms with Gasteiger partial charge in [-0.25, -0.2) is 21.9 Å². The average molecular weight is 573 g/mol. The van der Waals surface area contributed by atoms with Gasteiger partial charge < -0.3 is 15.3 Å². The number of amides is 1. The number of fused-ring (bicyclic) bond motifs is 2. The smallest absolute Gasteiger partial charge is 0.287 e. The van der Waals surface area contributed by atoms with Crippen LogP contribution in [0.25, 0.3) is 0 Å². The highest BCUT2D eigenvalue weighted by molar-refractivity contribution is 7.91. The second-order valence-electron chi connectivity index (χ2n) is 9.10. The van der Waals surface area contributed by atoms with Crippen molar-refractivity contribution in [1.82, 2.24) is 9.62 Å². The molecule has 37 heavy (non-hydrogen) atoms. The fourth-order valence-electron chi connectivity index (χ4n) is 4.96. The fourth-order valence-corrected chi connectivity index (χ4v) is 7.98. The van der Waals surface area contributed by atoms with E-state index in [0.29, 0.717) is 24.8 Å². The lowest BCUT2D eigenvalue weighted by Gasteiger charge is -2.38. The van der Waals surface area contributed by atoms with Crippen LogP contribution in [0.1, 0.15) is 30.4 Å². The molecule has 1 fully saturated rings. The minimum Gasteiger partial charge on any atom is -0.511 e. The molecule has 198 valence electrons. The van der Waals surface area contributed by atoms with Crippen LogP contribution in [0.15, 0.2) is 44.2 Å². The van der Waals surface area contributed by atoms with Gasteiger partial charge in [-0.15, -0.1) is 15.7 Å². The number of aliphatic hydroxyl groups is 1. The van der Waals surface area contributed by atoms with Crippen molar-refractivity contribution in [1.29, 1.82) is 0 Å². The number of aliphatic hydroxyl groups excluding tert-OH is 1. The van der Waals surface area contributed by atoms with Crippen molar-refractivity contribution in [2.24, 2.45) is 10.3 Å². The Bertz CT molecular complexity index is 1580. The molecular weight excluding hydrogens is 550 g/mol. The summed E-state index contributed by atoms with van der Waals surface area (Å²) in [6, 6.07) is 2.93. The monoisotopic (exact) mass is 572 g/mol. The molecule has 3 N–H and O–H groups in total. The quantitative estimate of drug-likeness (QED) is 0.483. The molecule has 2 aromatic rings. The third kappa shape index (κ3) is 4.76. The van der Waals surface area contributed by atoms with E-state index in [-0.39, 0.29) is 45.7 Å². The molecule has 0 saturated heterocycles. The number of rotatable bonds is 6. The number of benzene rings is 1. The first-order valence-electron chi connectivity index (χ1n) is 11.2. The van der Waals surface area contributed by atoms with Crippen LogP contribution in [0, 0.1) is 17.6 Å².